The average Bonchev–Trinajstić information content (AvgIpc) is 1.63. The lowest BCUT2D eigenvalue weighted by atomic mass is 10.4. The summed E-state index contributed by atoms with van der Waals surface area (Å²) in [5.41, 5.74) is 0. The highest BCUT2D eigenvalue weighted by atomic mass is 79.9. The Morgan fingerprint density at radius 1 is 1.56 bits per heavy atom. The second-order valence-electron chi connectivity index (χ2n) is 2.00. The van der Waals surface area contributed by atoms with Crippen molar-refractivity contribution in [1.82, 2.24) is 4.90 Å². The van der Waals surface area contributed by atoms with Crippen LogP contribution in [-0.4, -0.2) is 24.8 Å². The normalized spacial score (nSPS) is 11.3. The van der Waals surface area contributed by atoms with Crippen LogP contribution in [-0.2, 0) is 4.79 Å². The van der Waals surface area contributed by atoms with Crippen LogP contribution in [0, 0.1) is 0 Å². The van der Waals surface area contributed by atoms with Crippen molar-refractivity contribution in [2.24, 2.45) is 0 Å². The molecule has 0 aliphatic rings. The lowest BCUT2D eigenvalue weighted by molar-refractivity contribution is -0.112. The van der Waals surface area contributed by atoms with Crippen molar-refractivity contribution in [3.05, 3.63) is 10.7 Å². The molecule has 0 spiro atoms. The fourth-order valence-electron chi connectivity index (χ4n) is 0.318. The fourth-order valence-corrected chi connectivity index (χ4v) is 0.727. The van der Waals surface area contributed by atoms with E-state index in [1.807, 2.05) is 19.0 Å². The number of allylic oxidation sites excluding steroid dienone is 1. The van der Waals surface area contributed by atoms with Gasteiger partial charge in [0.1, 0.15) is 0 Å². The zero-order chi connectivity index (χ0) is 7.44. The van der Waals surface area contributed by atoms with E-state index >= 15 is 0 Å². The predicted octanol–water partition coefficient (Wildman–Crippen LogP) is 1.37. The Morgan fingerprint density at radius 2 is 2.00 bits per heavy atom. The van der Waals surface area contributed by atoms with Gasteiger partial charge in [0.2, 0.25) is 0 Å². The van der Waals surface area contributed by atoms with Crippen LogP contribution in [0.3, 0.4) is 0 Å². The molecular formula is C6H10BrNO. The molecule has 0 aromatic rings. The van der Waals surface area contributed by atoms with Gasteiger partial charge in [0.15, 0.2) is 5.78 Å². The standard InChI is InChI=1S/C6H10BrNO/c1-5(9)6(7)4-8(2)3/h4H,1-3H3. The van der Waals surface area contributed by atoms with Crippen LogP contribution < -0.4 is 0 Å². The zero-order valence-corrected chi connectivity index (χ0v) is 7.40. The van der Waals surface area contributed by atoms with Crippen LogP contribution in [0.25, 0.3) is 0 Å². The van der Waals surface area contributed by atoms with E-state index in [2.05, 4.69) is 15.9 Å². The van der Waals surface area contributed by atoms with E-state index in [1.165, 1.54) is 6.92 Å². The van der Waals surface area contributed by atoms with Crippen LogP contribution in [0.5, 0.6) is 0 Å². The van der Waals surface area contributed by atoms with Gasteiger partial charge in [-0.15, -0.1) is 0 Å². The molecule has 0 fully saturated rings. The maximum atomic E-state index is 10.5. The fraction of sp³-hybridized carbons (Fsp3) is 0.500. The Bertz CT molecular complexity index is 140. The molecule has 0 bridgehead atoms. The summed E-state index contributed by atoms with van der Waals surface area (Å²) >= 11 is 3.11. The summed E-state index contributed by atoms with van der Waals surface area (Å²) in [5, 5.41) is 0. The maximum absolute atomic E-state index is 10.5. The number of ketones is 1. The van der Waals surface area contributed by atoms with Crippen molar-refractivity contribution in [3.8, 4) is 0 Å². The first-order valence-corrected chi connectivity index (χ1v) is 3.38. The van der Waals surface area contributed by atoms with Crippen molar-refractivity contribution in [3.63, 3.8) is 0 Å². The van der Waals surface area contributed by atoms with Crippen molar-refractivity contribution < 1.29 is 4.79 Å². The van der Waals surface area contributed by atoms with Gasteiger partial charge in [-0.2, -0.15) is 0 Å². The number of hydrogen-bond acceptors (Lipinski definition) is 2. The van der Waals surface area contributed by atoms with Crippen molar-refractivity contribution >= 4 is 21.7 Å². The average molecular weight is 192 g/mol. The topological polar surface area (TPSA) is 20.3 Å². The molecule has 3 heteroatoms. The summed E-state index contributed by atoms with van der Waals surface area (Å²) in [6.45, 7) is 1.52. The van der Waals surface area contributed by atoms with E-state index in [0.717, 1.165) is 0 Å². The minimum atomic E-state index is 0.0451. The van der Waals surface area contributed by atoms with Crippen molar-refractivity contribution in [2.75, 3.05) is 14.1 Å². The molecule has 0 N–H and O–H groups in total. The lowest BCUT2D eigenvalue weighted by Crippen LogP contribution is -2.03. The molecule has 0 amide bonds. The highest BCUT2D eigenvalue weighted by Crippen LogP contribution is 2.05. The monoisotopic (exact) mass is 191 g/mol. The molecule has 0 saturated heterocycles. The minimum absolute atomic E-state index is 0.0451. The second-order valence-corrected chi connectivity index (χ2v) is 2.85. The summed E-state index contributed by atoms with van der Waals surface area (Å²) in [7, 11) is 3.73. The molecule has 0 radical (unpaired) electrons. The molecule has 0 aromatic carbocycles. The second kappa shape index (κ2) is 3.67. The van der Waals surface area contributed by atoms with Gasteiger partial charge in [-0.3, -0.25) is 4.79 Å². The first-order valence-electron chi connectivity index (χ1n) is 2.58. The third-order valence-electron chi connectivity index (χ3n) is 0.708. The number of Topliss-reactive ketones (excluding diaryl/α,β-unsaturated/α-hetero) is 1. The van der Waals surface area contributed by atoms with E-state index in [4.69, 9.17) is 0 Å². The van der Waals surface area contributed by atoms with E-state index in [1.54, 1.807) is 6.20 Å². The van der Waals surface area contributed by atoms with Crippen LogP contribution in [0.4, 0.5) is 0 Å². The molecule has 0 atom stereocenters. The lowest BCUT2D eigenvalue weighted by Gasteiger charge is -2.03. The molecule has 2 nitrogen and oxygen atoms in total. The Kier molecular flexibility index (Phi) is 3.54. The first-order chi connectivity index (χ1) is 4.04. The molecule has 0 saturated carbocycles. The Morgan fingerprint density at radius 3 is 2.11 bits per heavy atom. The van der Waals surface area contributed by atoms with Gasteiger partial charge in [-0.1, -0.05) is 0 Å². The van der Waals surface area contributed by atoms with Crippen LogP contribution in [0.2, 0.25) is 0 Å². The molecule has 0 aliphatic carbocycles. The first kappa shape index (κ1) is 8.69. The summed E-state index contributed by atoms with van der Waals surface area (Å²) in [4.78, 5) is 12.3. The Hall–Kier alpha value is -0.310. The molecule has 0 heterocycles. The molecular weight excluding hydrogens is 182 g/mol. The summed E-state index contributed by atoms with van der Waals surface area (Å²) in [5.74, 6) is 0.0451. The Labute approximate surface area is 63.7 Å². The largest absolute Gasteiger partial charge is 0.382 e. The van der Waals surface area contributed by atoms with E-state index in [9.17, 15) is 4.79 Å². The number of carbonyl (C=O) groups is 1. The van der Waals surface area contributed by atoms with Crippen LogP contribution in [0.1, 0.15) is 6.92 Å². The summed E-state index contributed by atoms with van der Waals surface area (Å²) in [6.07, 6.45) is 1.72. The third-order valence-corrected chi connectivity index (χ3v) is 1.47. The molecule has 0 rings (SSSR count). The highest BCUT2D eigenvalue weighted by molar-refractivity contribution is 9.12. The van der Waals surface area contributed by atoms with Gasteiger partial charge < -0.3 is 4.90 Å². The quantitative estimate of drug-likeness (QED) is 0.616. The predicted molar refractivity (Wildman–Crippen MR) is 41.4 cm³/mol. The van der Waals surface area contributed by atoms with E-state index in [-0.39, 0.29) is 5.78 Å². The maximum Gasteiger partial charge on any atom is 0.168 e. The zero-order valence-electron chi connectivity index (χ0n) is 5.81. The van der Waals surface area contributed by atoms with Gasteiger partial charge in [-0.05, 0) is 22.9 Å². The number of nitrogens with zero attached hydrogens (tertiary/aromatic N) is 1. The van der Waals surface area contributed by atoms with Gasteiger partial charge >= 0.3 is 0 Å². The number of rotatable bonds is 2. The van der Waals surface area contributed by atoms with Gasteiger partial charge in [0.05, 0.1) is 4.48 Å². The van der Waals surface area contributed by atoms with Crippen molar-refractivity contribution in [2.45, 2.75) is 6.92 Å². The number of halogens is 1. The minimum Gasteiger partial charge on any atom is -0.382 e. The van der Waals surface area contributed by atoms with Crippen LogP contribution in [0.15, 0.2) is 10.7 Å². The Balaban J connectivity index is 4.00. The molecule has 0 unspecified atom stereocenters. The van der Waals surface area contributed by atoms with Gasteiger partial charge in [0.25, 0.3) is 0 Å². The molecule has 9 heavy (non-hydrogen) atoms. The number of carbonyl (C=O) groups excluding carboxylic acids is 1. The molecule has 0 aromatic heterocycles. The molecule has 52 valence electrons. The van der Waals surface area contributed by atoms with E-state index < -0.39 is 0 Å². The number of hydrogen-bond donors (Lipinski definition) is 0. The van der Waals surface area contributed by atoms with Crippen molar-refractivity contribution in [1.29, 1.82) is 0 Å². The summed E-state index contributed by atoms with van der Waals surface area (Å²) in [6, 6.07) is 0. The smallest absolute Gasteiger partial charge is 0.168 e. The third kappa shape index (κ3) is 4.21. The van der Waals surface area contributed by atoms with E-state index in [0.29, 0.717) is 4.48 Å². The SMILES string of the molecule is CC(=O)C(Br)=CN(C)C. The van der Waals surface area contributed by atoms with Gasteiger partial charge in [-0.25, -0.2) is 0 Å². The van der Waals surface area contributed by atoms with Gasteiger partial charge in [0, 0.05) is 20.3 Å². The summed E-state index contributed by atoms with van der Waals surface area (Å²) < 4.78 is 0.604. The highest BCUT2D eigenvalue weighted by Gasteiger charge is 1.96. The molecule has 0 aliphatic heterocycles. The van der Waals surface area contributed by atoms with Crippen LogP contribution >= 0.6 is 15.9 Å².